The molecule has 7 nitrogen and oxygen atoms in total. The molecule has 172 valence electrons. The number of esters is 1. The number of nitrogens with zero attached hydrogens (tertiary/aromatic N) is 1. The molecular formula is C24H15Cl3N2O5. The Bertz CT molecular complexity index is 1340. The van der Waals surface area contributed by atoms with Gasteiger partial charge in [0, 0.05) is 10.7 Å². The summed E-state index contributed by atoms with van der Waals surface area (Å²) in [6.45, 7) is 0. The molecule has 0 saturated heterocycles. The van der Waals surface area contributed by atoms with E-state index in [4.69, 9.17) is 44.3 Å². The van der Waals surface area contributed by atoms with E-state index in [-0.39, 0.29) is 32.8 Å². The first kappa shape index (κ1) is 23.6. The number of carbonyl (C=O) groups is 3. The smallest absolute Gasteiger partial charge is 0.343 e. The van der Waals surface area contributed by atoms with Crippen molar-refractivity contribution < 1.29 is 23.9 Å². The molecule has 0 aromatic heterocycles. The molecule has 1 heterocycles. The van der Waals surface area contributed by atoms with Crippen LogP contribution in [0.1, 0.15) is 10.4 Å². The number of nitrogens with one attached hydrogen (secondary N) is 1. The van der Waals surface area contributed by atoms with Gasteiger partial charge in [-0.3, -0.25) is 9.59 Å². The summed E-state index contributed by atoms with van der Waals surface area (Å²) in [5, 5.41) is 2.98. The Kier molecular flexibility index (Phi) is 6.79. The molecule has 0 spiro atoms. The van der Waals surface area contributed by atoms with Gasteiger partial charge in [0.25, 0.3) is 11.8 Å². The molecule has 0 radical (unpaired) electrons. The minimum Gasteiger partial charge on any atom is -0.493 e. The van der Waals surface area contributed by atoms with Crippen LogP contribution in [0.3, 0.4) is 0 Å². The van der Waals surface area contributed by atoms with Crippen LogP contribution in [0.5, 0.6) is 11.5 Å². The Hall–Kier alpha value is -3.52. The van der Waals surface area contributed by atoms with Crippen molar-refractivity contribution in [1.29, 1.82) is 0 Å². The van der Waals surface area contributed by atoms with Crippen LogP contribution in [0.25, 0.3) is 0 Å². The van der Waals surface area contributed by atoms with E-state index >= 15 is 0 Å². The molecule has 4 rings (SSSR count). The van der Waals surface area contributed by atoms with E-state index in [9.17, 15) is 14.4 Å². The van der Waals surface area contributed by atoms with E-state index in [1.165, 1.54) is 37.4 Å². The summed E-state index contributed by atoms with van der Waals surface area (Å²) in [5.41, 5.74) is 0.667. The summed E-state index contributed by atoms with van der Waals surface area (Å²) in [6.07, 6.45) is 0. The van der Waals surface area contributed by atoms with E-state index in [0.29, 0.717) is 16.5 Å². The van der Waals surface area contributed by atoms with E-state index < -0.39 is 17.8 Å². The molecule has 0 atom stereocenters. The minimum absolute atomic E-state index is 0.119. The summed E-state index contributed by atoms with van der Waals surface area (Å²) < 4.78 is 10.6. The summed E-state index contributed by atoms with van der Waals surface area (Å²) in [7, 11) is 1.48. The number of imide groups is 1. The van der Waals surface area contributed by atoms with Gasteiger partial charge in [0.1, 0.15) is 10.7 Å². The highest BCUT2D eigenvalue weighted by Gasteiger charge is 2.40. The molecule has 0 aliphatic carbocycles. The van der Waals surface area contributed by atoms with Crippen molar-refractivity contribution in [2.24, 2.45) is 0 Å². The Morgan fingerprint density at radius 2 is 1.56 bits per heavy atom. The van der Waals surface area contributed by atoms with Crippen molar-refractivity contribution >= 4 is 64.0 Å². The fraction of sp³-hybridized carbons (Fsp3) is 0.0417. The normalized spacial score (nSPS) is 13.4. The topological polar surface area (TPSA) is 84.9 Å². The van der Waals surface area contributed by atoms with Crippen molar-refractivity contribution in [3.63, 3.8) is 0 Å². The molecule has 3 aromatic rings. The van der Waals surface area contributed by atoms with Crippen LogP contribution in [0, 0.1) is 0 Å². The second kappa shape index (κ2) is 9.77. The third kappa shape index (κ3) is 4.59. The van der Waals surface area contributed by atoms with Crippen LogP contribution >= 0.6 is 34.8 Å². The second-order valence-electron chi connectivity index (χ2n) is 6.97. The molecule has 1 aliphatic heterocycles. The third-order valence-corrected chi connectivity index (χ3v) is 5.74. The molecule has 1 aliphatic rings. The number of rotatable bonds is 6. The average Bonchev–Trinajstić information content (AvgIpc) is 3.04. The van der Waals surface area contributed by atoms with Gasteiger partial charge in [-0.15, -0.1) is 0 Å². The van der Waals surface area contributed by atoms with Gasteiger partial charge in [-0.25, -0.2) is 9.69 Å². The Morgan fingerprint density at radius 3 is 2.24 bits per heavy atom. The van der Waals surface area contributed by atoms with Crippen LogP contribution in [0.4, 0.5) is 11.4 Å². The Balaban J connectivity index is 1.51. The van der Waals surface area contributed by atoms with Crippen molar-refractivity contribution in [2.45, 2.75) is 0 Å². The maximum atomic E-state index is 12.9. The zero-order chi connectivity index (χ0) is 24.4. The monoisotopic (exact) mass is 516 g/mol. The predicted molar refractivity (Wildman–Crippen MR) is 130 cm³/mol. The maximum absolute atomic E-state index is 12.9. The van der Waals surface area contributed by atoms with Crippen LogP contribution in [-0.2, 0) is 9.59 Å². The van der Waals surface area contributed by atoms with Gasteiger partial charge in [-0.1, -0.05) is 46.9 Å². The summed E-state index contributed by atoms with van der Waals surface area (Å²) >= 11 is 18.3. The Labute approximate surface area is 209 Å². The number of methoxy groups -OCH3 is 1. The van der Waals surface area contributed by atoms with Gasteiger partial charge < -0.3 is 14.8 Å². The number of benzene rings is 3. The molecule has 3 aromatic carbocycles. The van der Waals surface area contributed by atoms with E-state index in [1.54, 1.807) is 36.4 Å². The highest BCUT2D eigenvalue weighted by atomic mass is 35.5. The molecule has 0 bridgehead atoms. The quantitative estimate of drug-likeness (QED) is 0.258. The van der Waals surface area contributed by atoms with Crippen molar-refractivity contribution in [3.8, 4) is 11.5 Å². The minimum atomic E-state index is -0.740. The largest absolute Gasteiger partial charge is 0.493 e. The number of amides is 2. The van der Waals surface area contributed by atoms with Gasteiger partial charge in [0.05, 0.1) is 23.4 Å². The van der Waals surface area contributed by atoms with E-state index in [2.05, 4.69) is 5.32 Å². The molecule has 0 saturated carbocycles. The predicted octanol–water partition coefficient (Wildman–Crippen LogP) is 5.66. The number of hydrogen-bond acceptors (Lipinski definition) is 6. The average molecular weight is 518 g/mol. The van der Waals surface area contributed by atoms with Gasteiger partial charge in [0.15, 0.2) is 11.5 Å². The lowest BCUT2D eigenvalue weighted by Crippen LogP contribution is -2.32. The number of para-hydroxylation sites is 2. The van der Waals surface area contributed by atoms with Crippen LogP contribution in [0.15, 0.2) is 77.5 Å². The first-order valence-corrected chi connectivity index (χ1v) is 10.9. The Morgan fingerprint density at radius 1 is 0.882 bits per heavy atom. The molecule has 0 fully saturated rings. The van der Waals surface area contributed by atoms with Crippen LogP contribution in [-0.4, -0.2) is 24.9 Å². The first-order chi connectivity index (χ1) is 16.3. The van der Waals surface area contributed by atoms with Gasteiger partial charge >= 0.3 is 5.97 Å². The summed E-state index contributed by atoms with van der Waals surface area (Å²) in [4.78, 5) is 38.9. The highest BCUT2D eigenvalue weighted by Crippen LogP contribution is 2.36. The van der Waals surface area contributed by atoms with Crippen LogP contribution in [0.2, 0.25) is 10.0 Å². The molecular weight excluding hydrogens is 503 g/mol. The molecule has 0 unspecified atom stereocenters. The van der Waals surface area contributed by atoms with Crippen molar-refractivity contribution in [2.75, 3.05) is 17.3 Å². The lowest BCUT2D eigenvalue weighted by Gasteiger charge is -2.17. The van der Waals surface area contributed by atoms with Crippen molar-refractivity contribution in [1.82, 2.24) is 0 Å². The molecule has 10 heteroatoms. The fourth-order valence-electron chi connectivity index (χ4n) is 3.18. The number of hydrogen-bond donors (Lipinski definition) is 1. The number of carbonyl (C=O) groups excluding carboxylic acids is 3. The first-order valence-electron chi connectivity index (χ1n) is 9.76. The standard InChI is InChI=1S/C24H15Cl3N2O5/c1-33-18-4-2-3-5-19(18)34-24(32)13-6-9-15(10-7-13)28-21-20(27)22(30)29(23(21)31)17-12-14(25)8-11-16(17)26/h2-12,28H,1H3. The lowest BCUT2D eigenvalue weighted by atomic mass is 10.2. The summed E-state index contributed by atoms with van der Waals surface area (Å²) in [5.74, 6) is -1.33. The molecule has 2 amide bonds. The second-order valence-corrected chi connectivity index (χ2v) is 8.19. The lowest BCUT2D eigenvalue weighted by molar-refractivity contribution is -0.120. The highest BCUT2D eigenvalue weighted by molar-refractivity contribution is 6.54. The SMILES string of the molecule is COc1ccccc1OC(=O)c1ccc(NC2=C(Cl)C(=O)N(c3cc(Cl)ccc3Cl)C2=O)cc1. The van der Waals surface area contributed by atoms with Crippen molar-refractivity contribution in [3.05, 3.63) is 93.1 Å². The van der Waals surface area contributed by atoms with E-state index in [1.807, 2.05) is 0 Å². The van der Waals surface area contributed by atoms with Gasteiger partial charge in [-0.05, 0) is 54.6 Å². The maximum Gasteiger partial charge on any atom is 0.343 e. The van der Waals surface area contributed by atoms with E-state index in [0.717, 1.165) is 4.90 Å². The van der Waals surface area contributed by atoms with Gasteiger partial charge in [0.2, 0.25) is 0 Å². The van der Waals surface area contributed by atoms with Crippen LogP contribution < -0.4 is 19.7 Å². The molecule has 34 heavy (non-hydrogen) atoms. The number of ether oxygens (including phenoxy) is 2. The zero-order valence-corrected chi connectivity index (χ0v) is 19.7. The number of halogens is 3. The third-order valence-electron chi connectivity index (χ3n) is 4.84. The fourth-order valence-corrected chi connectivity index (χ4v) is 3.76. The summed E-state index contributed by atoms with van der Waals surface area (Å²) in [6, 6.07) is 17.3. The van der Waals surface area contributed by atoms with Gasteiger partial charge in [-0.2, -0.15) is 0 Å². The molecule has 1 N–H and O–H groups in total. The number of anilines is 2. The zero-order valence-electron chi connectivity index (χ0n) is 17.5.